The first kappa shape index (κ1) is 10.4. The Morgan fingerprint density at radius 1 is 1.25 bits per heavy atom. The third-order valence-electron chi connectivity index (χ3n) is 2.36. The summed E-state index contributed by atoms with van der Waals surface area (Å²) in [5, 5.41) is 0. The molecule has 0 saturated carbocycles. The predicted octanol–water partition coefficient (Wildman–Crippen LogP) is 3.58. The van der Waals surface area contributed by atoms with E-state index < -0.39 is 0 Å². The minimum atomic E-state index is 0.904. The summed E-state index contributed by atoms with van der Waals surface area (Å²) >= 11 is 0. The molecule has 1 heterocycles. The molecule has 1 aromatic heterocycles. The van der Waals surface area contributed by atoms with Crippen LogP contribution in [-0.2, 0) is 0 Å². The number of nitrogens with one attached hydrogen (secondary N) is 1. The zero-order chi connectivity index (χ0) is 11.4. The summed E-state index contributed by atoms with van der Waals surface area (Å²) in [5.41, 5.74) is 3.12. The van der Waals surface area contributed by atoms with Crippen LogP contribution in [0.2, 0.25) is 0 Å². The number of H-pyrrole nitrogens is 1. The van der Waals surface area contributed by atoms with E-state index in [1.807, 2.05) is 49.4 Å². The van der Waals surface area contributed by atoms with Crippen LogP contribution in [0.25, 0.3) is 17.5 Å². The lowest BCUT2D eigenvalue weighted by molar-refractivity contribution is 1.25. The Labute approximate surface area is 95.4 Å². The number of aryl methyl sites for hydroxylation is 1. The van der Waals surface area contributed by atoms with E-state index in [1.54, 1.807) is 6.08 Å². The third-order valence-corrected chi connectivity index (χ3v) is 2.36. The quantitative estimate of drug-likeness (QED) is 0.770. The third kappa shape index (κ3) is 2.11. The molecule has 0 spiro atoms. The zero-order valence-corrected chi connectivity index (χ0v) is 9.27. The van der Waals surface area contributed by atoms with Crippen LogP contribution in [0.3, 0.4) is 0 Å². The van der Waals surface area contributed by atoms with Gasteiger partial charge in [-0.1, -0.05) is 49.1 Å². The number of imidazole rings is 1. The van der Waals surface area contributed by atoms with E-state index >= 15 is 0 Å². The molecule has 0 fully saturated rings. The van der Waals surface area contributed by atoms with E-state index in [4.69, 9.17) is 0 Å². The van der Waals surface area contributed by atoms with Gasteiger partial charge in [0.1, 0.15) is 5.82 Å². The lowest BCUT2D eigenvalue weighted by Gasteiger charge is -1.93. The van der Waals surface area contributed by atoms with Gasteiger partial charge in [0.05, 0.1) is 5.69 Å². The molecule has 0 atom stereocenters. The van der Waals surface area contributed by atoms with Gasteiger partial charge in [-0.3, -0.25) is 0 Å². The van der Waals surface area contributed by atoms with Gasteiger partial charge in [0.2, 0.25) is 0 Å². The van der Waals surface area contributed by atoms with E-state index in [2.05, 4.69) is 16.5 Å². The van der Waals surface area contributed by atoms with Gasteiger partial charge in [-0.15, -0.1) is 0 Å². The second-order valence-corrected chi connectivity index (χ2v) is 3.56. The van der Waals surface area contributed by atoms with Gasteiger partial charge < -0.3 is 4.98 Å². The fourth-order valence-electron chi connectivity index (χ4n) is 1.53. The van der Waals surface area contributed by atoms with Crippen molar-refractivity contribution in [3.05, 3.63) is 60.5 Å². The van der Waals surface area contributed by atoms with Gasteiger partial charge >= 0.3 is 0 Å². The molecule has 1 N–H and O–H groups in total. The maximum Gasteiger partial charge on any atom is 0.138 e. The fraction of sp³-hybridized carbons (Fsp3) is 0.0714. The summed E-state index contributed by atoms with van der Waals surface area (Å²) in [4.78, 5) is 7.80. The highest BCUT2D eigenvalue weighted by Gasteiger charge is 2.04. The highest BCUT2D eigenvalue weighted by molar-refractivity contribution is 5.60. The van der Waals surface area contributed by atoms with Crippen LogP contribution < -0.4 is 0 Å². The van der Waals surface area contributed by atoms with Gasteiger partial charge in [-0.05, 0) is 13.0 Å². The number of hydrogen-bond donors (Lipinski definition) is 1. The first-order valence-electron chi connectivity index (χ1n) is 5.22. The van der Waals surface area contributed by atoms with Crippen molar-refractivity contribution in [3.8, 4) is 11.4 Å². The predicted molar refractivity (Wildman–Crippen MR) is 68.0 cm³/mol. The summed E-state index contributed by atoms with van der Waals surface area (Å²) < 4.78 is 0. The molecule has 2 nitrogen and oxygen atoms in total. The maximum absolute atomic E-state index is 4.53. The molecule has 1 aromatic carbocycles. The highest BCUT2D eigenvalue weighted by atomic mass is 14.9. The minimum Gasteiger partial charge on any atom is -0.342 e. The number of benzene rings is 1. The van der Waals surface area contributed by atoms with Crippen LogP contribution in [0.4, 0.5) is 0 Å². The van der Waals surface area contributed by atoms with E-state index in [1.165, 1.54) is 0 Å². The summed E-state index contributed by atoms with van der Waals surface area (Å²) in [5.74, 6) is 0.904. The molecule has 16 heavy (non-hydrogen) atoms. The summed E-state index contributed by atoms with van der Waals surface area (Å²) in [6, 6.07) is 10.1. The maximum atomic E-state index is 4.53. The summed E-state index contributed by atoms with van der Waals surface area (Å²) in [6.07, 6.45) is 5.58. The Hall–Kier alpha value is -2.09. The first-order valence-corrected chi connectivity index (χ1v) is 5.22. The second-order valence-electron chi connectivity index (χ2n) is 3.56. The molecule has 0 aliphatic heterocycles. The smallest absolute Gasteiger partial charge is 0.138 e. The Morgan fingerprint density at radius 2 is 2.00 bits per heavy atom. The molecule has 2 rings (SSSR count). The van der Waals surface area contributed by atoms with Crippen LogP contribution >= 0.6 is 0 Å². The van der Waals surface area contributed by atoms with Crippen molar-refractivity contribution in [3.63, 3.8) is 0 Å². The van der Waals surface area contributed by atoms with E-state index in [0.717, 1.165) is 22.8 Å². The van der Waals surface area contributed by atoms with Gasteiger partial charge in [0, 0.05) is 11.3 Å². The van der Waals surface area contributed by atoms with Crippen LogP contribution in [-0.4, -0.2) is 9.97 Å². The molecule has 2 heteroatoms. The van der Waals surface area contributed by atoms with Gasteiger partial charge in [-0.2, -0.15) is 0 Å². The normalized spacial score (nSPS) is 10.8. The van der Waals surface area contributed by atoms with Crippen molar-refractivity contribution in [2.24, 2.45) is 0 Å². The number of aromatic amines is 1. The zero-order valence-electron chi connectivity index (χ0n) is 9.27. The van der Waals surface area contributed by atoms with Crippen LogP contribution in [0, 0.1) is 6.92 Å². The molecule has 0 unspecified atom stereocenters. The Balaban J connectivity index is 2.38. The highest BCUT2D eigenvalue weighted by Crippen LogP contribution is 2.18. The average molecular weight is 210 g/mol. The van der Waals surface area contributed by atoms with Crippen molar-refractivity contribution >= 4 is 6.08 Å². The first-order chi connectivity index (χ1) is 7.81. The van der Waals surface area contributed by atoms with Crippen molar-refractivity contribution in [1.82, 2.24) is 9.97 Å². The van der Waals surface area contributed by atoms with E-state index in [-0.39, 0.29) is 0 Å². The van der Waals surface area contributed by atoms with E-state index in [9.17, 15) is 0 Å². The molecule has 80 valence electrons. The Kier molecular flexibility index (Phi) is 3.01. The molecular formula is C14H14N2. The minimum absolute atomic E-state index is 0.904. The average Bonchev–Trinajstić information content (AvgIpc) is 2.69. The van der Waals surface area contributed by atoms with Gasteiger partial charge in [-0.25, -0.2) is 4.98 Å². The monoisotopic (exact) mass is 210 g/mol. The summed E-state index contributed by atoms with van der Waals surface area (Å²) in [6.45, 7) is 5.66. The topological polar surface area (TPSA) is 28.7 Å². The number of hydrogen-bond acceptors (Lipinski definition) is 1. The lowest BCUT2D eigenvalue weighted by atomic mass is 10.2. The van der Waals surface area contributed by atoms with E-state index in [0.29, 0.717) is 0 Å². The molecule has 2 aromatic rings. The van der Waals surface area contributed by atoms with Crippen molar-refractivity contribution in [2.75, 3.05) is 0 Å². The number of aromatic nitrogens is 2. The SMILES string of the molecule is C=C/C=C\c1nc(-c2ccccc2)[nH]c1C. The Morgan fingerprint density at radius 3 is 2.69 bits per heavy atom. The molecule has 0 radical (unpaired) electrons. The van der Waals surface area contributed by atoms with Crippen molar-refractivity contribution in [2.45, 2.75) is 6.92 Å². The lowest BCUT2D eigenvalue weighted by Crippen LogP contribution is -1.78. The number of allylic oxidation sites excluding steroid dienone is 2. The van der Waals surface area contributed by atoms with Crippen LogP contribution in [0.15, 0.2) is 49.1 Å². The molecule has 0 aliphatic carbocycles. The molecule has 0 saturated heterocycles. The largest absolute Gasteiger partial charge is 0.342 e. The van der Waals surface area contributed by atoms with Crippen LogP contribution in [0.1, 0.15) is 11.4 Å². The molecule has 0 aliphatic rings. The fourth-order valence-corrected chi connectivity index (χ4v) is 1.53. The van der Waals surface area contributed by atoms with Gasteiger partial charge in [0.15, 0.2) is 0 Å². The molecular weight excluding hydrogens is 196 g/mol. The van der Waals surface area contributed by atoms with Crippen molar-refractivity contribution < 1.29 is 0 Å². The number of rotatable bonds is 3. The molecule has 0 amide bonds. The van der Waals surface area contributed by atoms with Crippen molar-refractivity contribution in [1.29, 1.82) is 0 Å². The van der Waals surface area contributed by atoms with Crippen LogP contribution in [0.5, 0.6) is 0 Å². The summed E-state index contributed by atoms with van der Waals surface area (Å²) in [7, 11) is 0. The second kappa shape index (κ2) is 4.62. The van der Waals surface area contributed by atoms with Gasteiger partial charge in [0.25, 0.3) is 0 Å². The standard InChI is InChI=1S/C14H14N2/c1-3-4-10-13-11(2)15-14(16-13)12-8-6-5-7-9-12/h3-10H,1H2,2H3,(H,15,16)/b10-4-. The Bertz CT molecular complexity index is 507. The molecule has 0 bridgehead atoms. The number of nitrogens with zero attached hydrogens (tertiary/aromatic N) is 1.